The number of rotatable bonds is 4. The second kappa shape index (κ2) is 6.18. The van der Waals surface area contributed by atoms with Crippen molar-refractivity contribution in [2.75, 3.05) is 0 Å². The average Bonchev–Trinajstić information content (AvgIpc) is 3.19. The predicted octanol–water partition coefficient (Wildman–Crippen LogP) is 3.80. The first-order valence-electron chi connectivity index (χ1n) is 7.10. The van der Waals surface area contributed by atoms with E-state index in [2.05, 4.69) is 27.8 Å². The molecule has 0 spiro atoms. The molecule has 4 heteroatoms. The van der Waals surface area contributed by atoms with Gasteiger partial charge in [0.2, 0.25) is 0 Å². The molecule has 0 unspecified atom stereocenters. The molecule has 20 heavy (non-hydrogen) atoms. The van der Waals surface area contributed by atoms with Crippen molar-refractivity contribution in [1.82, 2.24) is 10.3 Å². The number of nitrogens with one attached hydrogen (secondary N) is 1. The fourth-order valence-corrected chi connectivity index (χ4v) is 3.76. The van der Waals surface area contributed by atoms with Crippen molar-refractivity contribution >= 4 is 17.2 Å². The molecule has 1 amide bonds. The molecular formula is C16H18N2OS. The summed E-state index contributed by atoms with van der Waals surface area (Å²) in [6.07, 6.45) is 6.60. The minimum Gasteiger partial charge on any atom is -0.343 e. The van der Waals surface area contributed by atoms with Crippen LogP contribution in [0.3, 0.4) is 0 Å². The van der Waals surface area contributed by atoms with Crippen LogP contribution >= 0.6 is 11.3 Å². The van der Waals surface area contributed by atoms with E-state index in [0.29, 0.717) is 11.6 Å². The van der Waals surface area contributed by atoms with E-state index >= 15 is 0 Å². The fourth-order valence-electron chi connectivity index (χ4n) is 2.89. The number of nitrogens with zero attached hydrogens (tertiary/aromatic N) is 1. The average molecular weight is 286 g/mol. The van der Waals surface area contributed by atoms with E-state index < -0.39 is 0 Å². The number of aromatic nitrogens is 1. The summed E-state index contributed by atoms with van der Waals surface area (Å²) in [6.45, 7) is 0. The standard InChI is InChI=1S/C16H18N2OS/c19-16(13-8-3-4-10-17-13)18-15(12-6-1-2-7-12)14-9-5-11-20-14/h3-5,8-12,15H,1-2,6-7H2,(H,18,19)/t15-/m0/s1. The first kappa shape index (κ1) is 13.3. The molecule has 0 radical (unpaired) electrons. The van der Waals surface area contributed by atoms with Crippen LogP contribution < -0.4 is 5.32 Å². The largest absolute Gasteiger partial charge is 0.343 e. The SMILES string of the molecule is O=C(N[C@H](c1cccs1)C1CCCC1)c1ccccn1. The first-order chi connectivity index (χ1) is 9.84. The highest BCUT2D eigenvalue weighted by atomic mass is 32.1. The molecule has 3 rings (SSSR count). The van der Waals surface area contributed by atoms with Crippen LogP contribution in [0.1, 0.15) is 47.1 Å². The second-order valence-electron chi connectivity index (χ2n) is 5.23. The predicted molar refractivity (Wildman–Crippen MR) is 80.7 cm³/mol. The van der Waals surface area contributed by atoms with Crippen molar-refractivity contribution in [2.45, 2.75) is 31.7 Å². The molecule has 1 fully saturated rings. The lowest BCUT2D eigenvalue weighted by molar-refractivity contribution is 0.0917. The van der Waals surface area contributed by atoms with Crippen molar-refractivity contribution < 1.29 is 4.79 Å². The van der Waals surface area contributed by atoms with Gasteiger partial charge in [-0.3, -0.25) is 9.78 Å². The van der Waals surface area contributed by atoms with E-state index in [9.17, 15) is 4.79 Å². The molecule has 3 nitrogen and oxygen atoms in total. The maximum Gasteiger partial charge on any atom is 0.270 e. The lowest BCUT2D eigenvalue weighted by Gasteiger charge is -2.23. The molecule has 0 aliphatic heterocycles. The summed E-state index contributed by atoms with van der Waals surface area (Å²) in [5, 5.41) is 5.26. The topological polar surface area (TPSA) is 42.0 Å². The lowest BCUT2D eigenvalue weighted by atomic mass is 9.96. The Morgan fingerprint density at radius 2 is 2.10 bits per heavy atom. The monoisotopic (exact) mass is 286 g/mol. The van der Waals surface area contributed by atoms with Gasteiger partial charge in [0.25, 0.3) is 5.91 Å². The van der Waals surface area contributed by atoms with Crippen molar-refractivity contribution in [3.63, 3.8) is 0 Å². The Kier molecular flexibility index (Phi) is 4.11. The summed E-state index contributed by atoms with van der Waals surface area (Å²) in [5.41, 5.74) is 0.493. The van der Waals surface area contributed by atoms with E-state index in [1.807, 2.05) is 12.1 Å². The highest BCUT2D eigenvalue weighted by Gasteiger charge is 2.28. The van der Waals surface area contributed by atoms with Crippen LogP contribution in [0.2, 0.25) is 0 Å². The Labute approximate surface area is 123 Å². The number of thiophene rings is 1. The summed E-state index contributed by atoms with van der Waals surface area (Å²) in [7, 11) is 0. The molecule has 1 atom stereocenters. The Morgan fingerprint density at radius 1 is 1.25 bits per heavy atom. The molecule has 1 N–H and O–H groups in total. The van der Waals surface area contributed by atoms with Gasteiger partial charge in [-0.15, -0.1) is 11.3 Å². The summed E-state index contributed by atoms with van der Waals surface area (Å²) in [4.78, 5) is 17.7. The minimum absolute atomic E-state index is 0.0732. The highest BCUT2D eigenvalue weighted by Crippen LogP contribution is 2.37. The Balaban J connectivity index is 1.78. The summed E-state index contributed by atoms with van der Waals surface area (Å²) in [6, 6.07) is 9.73. The van der Waals surface area contributed by atoms with Crippen LogP contribution in [-0.4, -0.2) is 10.9 Å². The highest BCUT2D eigenvalue weighted by molar-refractivity contribution is 7.10. The summed E-state index contributed by atoms with van der Waals surface area (Å²) in [5.74, 6) is 0.484. The van der Waals surface area contributed by atoms with E-state index in [1.165, 1.54) is 30.6 Å². The molecule has 1 saturated carbocycles. The van der Waals surface area contributed by atoms with Gasteiger partial charge >= 0.3 is 0 Å². The van der Waals surface area contributed by atoms with Crippen molar-refractivity contribution in [3.05, 3.63) is 52.5 Å². The van der Waals surface area contributed by atoms with Gasteiger partial charge in [-0.05, 0) is 42.3 Å². The number of carbonyl (C=O) groups excluding carboxylic acids is 1. The van der Waals surface area contributed by atoms with Gasteiger partial charge in [-0.25, -0.2) is 0 Å². The maximum atomic E-state index is 12.3. The third-order valence-corrected chi connectivity index (χ3v) is 4.86. The number of amides is 1. The zero-order chi connectivity index (χ0) is 13.8. The maximum absolute atomic E-state index is 12.3. The van der Waals surface area contributed by atoms with Gasteiger partial charge in [0, 0.05) is 11.1 Å². The first-order valence-corrected chi connectivity index (χ1v) is 7.98. The van der Waals surface area contributed by atoms with Crippen LogP contribution in [0.5, 0.6) is 0 Å². The zero-order valence-corrected chi connectivity index (χ0v) is 12.1. The number of hydrogen-bond donors (Lipinski definition) is 1. The Bertz CT molecular complexity index is 547. The molecule has 0 aromatic carbocycles. The van der Waals surface area contributed by atoms with Crippen molar-refractivity contribution in [2.24, 2.45) is 5.92 Å². The molecular weight excluding hydrogens is 268 g/mol. The van der Waals surface area contributed by atoms with Crippen molar-refractivity contribution in [3.8, 4) is 0 Å². The third-order valence-electron chi connectivity index (χ3n) is 3.91. The zero-order valence-electron chi connectivity index (χ0n) is 11.3. The van der Waals surface area contributed by atoms with E-state index in [1.54, 1.807) is 23.6 Å². The molecule has 0 saturated heterocycles. The molecule has 104 valence electrons. The van der Waals surface area contributed by atoms with Gasteiger partial charge in [0.1, 0.15) is 5.69 Å². The molecule has 2 heterocycles. The van der Waals surface area contributed by atoms with Crippen LogP contribution in [0.25, 0.3) is 0 Å². The lowest BCUT2D eigenvalue weighted by Crippen LogP contribution is -2.32. The second-order valence-corrected chi connectivity index (χ2v) is 6.21. The van der Waals surface area contributed by atoms with Gasteiger partial charge in [0.05, 0.1) is 6.04 Å². The van der Waals surface area contributed by atoms with Crippen LogP contribution in [0.15, 0.2) is 41.9 Å². The number of carbonyl (C=O) groups is 1. The van der Waals surface area contributed by atoms with E-state index in [0.717, 1.165) is 0 Å². The van der Waals surface area contributed by atoms with E-state index in [4.69, 9.17) is 0 Å². The molecule has 1 aliphatic carbocycles. The molecule has 2 aromatic rings. The number of hydrogen-bond acceptors (Lipinski definition) is 3. The molecule has 1 aliphatic rings. The molecule has 2 aromatic heterocycles. The smallest absolute Gasteiger partial charge is 0.270 e. The van der Waals surface area contributed by atoms with Crippen LogP contribution in [-0.2, 0) is 0 Å². The fraction of sp³-hybridized carbons (Fsp3) is 0.375. The number of pyridine rings is 1. The summed E-state index contributed by atoms with van der Waals surface area (Å²) >= 11 is 1.72. The van der Waals surface area contributed by atoms with Gasteiger partial charge in [0.15, 0.2) is 0 Å². The Morgan fingerprint density at radius 3 is 2.75 bits per heavy atom. The normalized spacial score (nSPS) is 17.0. The van der Waals surface area contributed by atoms with Gasteiger partial charge in [-0.2, -0.15) is 0 Å². The van der Waals surface area contributed by atoms with Crippen molar-refractivity contribution in [1.29, 1.82) is 0 Å². The van der Waals surface area contributed by atoms with E-state index in [-0.39, 0.29) is 11.9 Å². The van der Waals surface area contributed by atoms with Crippen LogP contribution in [0.4, 0.5) is 0 Å². The summed E-state index contributed by atoms with van der Waals surface area (Å²) < 4.78 is 0. The quantitative estimate of drug-likeness (QED) is 0.928. The van der Waals surface area contributed by atoms with Gasteiger partial charge < -0.3 is 5.32 Å². The van der Waals surface area contributed by atoms with Gasteiger partial charge in [-0.1, -0.05) is 25.0 Å². The Hall–Kier alpha value is -1.68. The van der Waals surface area contributed by atoms with Crippen LogP contribution in [0, 0.1) is 5.92 Å². The molecule has 0 bridgehead atoms. The minimum atomic E-state index is -0.0732. The third kappa shape index (κ3) is 2.90.